The second-order valence-electron chi connectivity index (χ2n) is 6.14. The van der Waals surface area contributed by atoms with E-state index in [9.17, 15) is 9.50 Å². The van der Waals surface area contributed by atoms with Crippen molar-refractivity contribution in [2.75, 3.05) is 23.8 Å². The number of benzene rings is 1. The lowest BCUT2D eigenvalue weighted by Gasteiger charge is -2.27. The van der Waals surface area contributed by atoms with Crippen LogP contribution in [0.4, 0.5) is 16.2 Å². The molecule has 0 saturated heterocycles. The fourth-order valence-electron chi connectivity index (χ4n) is 3.08. The standard InChI is InChI=1S/C18H19FN6O/c1-20-17-14(19)10-21-18(22-17)24-7-8-25-13(11-24)9-15(23-25)16(26)12-5-3-2-4-6-12/h2-6,9-10,16,26H,7-8,11H2,1H3,(H,20,21,22). The Kier molecular flexibility index (Phi) is 4.26. The van der Waals surface area contributed by atoms with Crippen LogP contribution in [0.25, 0.3) is 0 Å². The molecule has 0 spiro atoms. The topological polar surface area (TPSA) is 79.1 Å². The molecule has 1 aliphatic heterocycles. The van der Waals surface area contributed by atoms with Gasteiger partial charge < -0.3 is 15.3 Å². The van der Waals surface area contributed by atoms with Crippen LogP contribution in [0.5, 0.6) is 0 Å². The van der Waals surface area contributed by atoms with E-state index in [2.05, 4.69) is 20.4 Å². The highest BCUT2D eigenvalue weighted by Crippen LogP contribution is 2.25. The van der Waals surface area contributed by atoms with E-state index in [1.807, 2.05) is 46.0 Å². The summed E-state index contributed by atoms with van der Waals surface area (Å²) in [5.74, 6) is 0.161. The van der Waals surface area contributed by atoms with Gasteiger partial charge in [0.2, 0.25) is 5.95 Å². The number of nitrogens with one attached hydrogen (secondary N) is 1. The van der Waals surface area contributed by atoms with Gasteiger partial charge in [-0.2, -0.15) is 10.1 Å². The summed E-state index contributed by atoms with van der Waals surface area (Å²) in [5, 5.41) is 17.8. The third kappa shape index (κ3) is 2.99. The van der Waals surface area contributed by atoms with E-state index >= 15 is 0 Å². The smallest absolute Gasteiger partial charge is 0.227 e. The Labute approximate surface area is 150 Å². The molecule has 0 saturated carbocycles. The number of hydrogen-bond acceptors (Lipinski definition) is 6. The zero-order valence-electron chi connectivity index (χ0n) is 14.3. The molecule has 4 rings (SSSR count). The molecule has 7 nitrogen and oxygen atoms in total. The van der Waals surface area contributed by atoms with E-state index in [0.29, 0.717) is 31.3 Å². The maximum atomic E-state index is 13.6. The van der Waals surface area contributed by atoms with Gasteiger partial charge in [0.1, 0.15) is 6.10 Å². The molecule has 2 aromatic heterocycles. The van der Waals surface area contributed by atoms with Gasteiger partial charge in [0.05, 0.1) is 30.7 Å². The van der Waals surface area contributed by atoms with Crippen molar-refractivity contribution in [3.8, 4) is 0 Å². The first-order valence-corrected chi connectivity index (χ1v) is 8.40. The van der Waals surface area contributed by atoms with Crippen molar-refractivity contribution in [3.05, 3.63) is 65.4 Å². The van der Waals surface area contributed by atoms with Crippen molar-refractivity contribution in [3.63, 3.8) is 0 Å². The van der Waals surface area contributed by atoms with Crippen molar-refractivity contribution >= 4 is 11.8 Å². The van der Waals surface area contributed by atoms with Crippen molar-refractivity contribution in [1.82, 2.24) is 19.7 Å². The Bertz CT molecular complexity index is 913. The highest BCUT2D eigenvalue weighted by Gasteiger charge is 2.23. The van der Waals surface area contributed by atoms with Gasteiger partial charge in [-0.15, -0.1) is 0 Å². The number of fused-ring (bicyclic) bond motifs is 1. The Morgan fingerprint density at radius 3 is 2.81 bits per heavy atom. The van der Waals surface area contributed by atoms with Crippen LogP contribution in [-0.2, 0) is 13.1 Å². The zero-order valence-corrected chi connectivity index (χ0v) is 14.3. The van der Waals surface area contributed by atoms with Crippen LogP contribution >= 0.6 is 0 Å². The fraction of sp³-hybridized carbons (Fsp3) is 0.278. The number of hydrogen-bond donors (Lipinski definition) is 2. The van der Waals surface area contributed by atoms with Gasteiger partial charge in [-0.1, -0.05) is 30.3 Å². The lowest BCUT2D eigenvalue weighted by Crippen LogP contribution is -2.35. The number of halogens is 1. The number of aliphatic hydroxyl groups excluding tert-OH is 1. The summed E-state index contributed by atoms with van der Waals surface area (Å²) in [6.45, 7) is 1.85. The SMILES string of the molecule is CNc1nc(N2CCn3nc(C(O)c4ccccc4)cc3C2)ncc1F. The van der Waals surface area contributed by atoms with E-state index < -0.39 is 11.9 Å². The lowest BCUT2D eigenvalue weighted by molar-refractivity contribution is 0.214. The summed E-state index contributed by atoms with van der Waals surface area (Å²) in [6, 6.07) is 11.3. The molecule has 0 aliphatic carbocycles. The molecule has 2 N–H and O–H groups in total. The number of rotatable bonds is 4. The quantitative estimate of drug-likeness (QED) is 0.746. The molecule has 8 heteroatoms. The molecule has 0 fully saturated rings. The van der Waals surface area contributed by atoms with Crippen LogP contribution in [0.15, 0.2) is 42.6 Å². The molecule has 0 radical (unpaired) electrons. The first-order chi connectivity index (χ1) is 12.7. The van der Waals surface area contributed by atoms with Crippen molar-refractivity contribution in [1.29, 1.82) is 0 Å². The molecule has 1 atom stereocenters. The molecule has 134 valence electrons. The summed E-state index contributed by atoms with van der Waals surface area (Å²) < 4.78 is 15.5. The molecule has 1 aromatic carbocycles. The van der Waals surface area contributed by atoms with Crippen molar-refractivity contribution in [2.45, 2.75) is 19.2 Å². The van der Waals surface area contributed by atoms with Gasteiger partial charge in [0.25, 0.3) is 0 Å². The Hall–Kier alpha value is -3.00. The molecular weight excluding hydrogens is 335 g/mol. The van der Waals surface area contributed by atoms with Gasteiger partial charge in [0, 0.05) is 13.6 Å². The van der Waals surface area contributed by atoms with Gasteiger partial charge in [0.15, 0.2) is 11.6 Å². The van der Waals surface area contributed by atoms with Crippen LogP contribution in [-0.4, -0.2) is 38.4 Å². The average molecular weight is 354 g/mol. The monoisotopic (exact) mass is 354 g/mol. The van der Waals surface area contributed by atoms with Crippen LogP contribution in [0.2, 0.25) is 0 Å². The molecule has 26 heavy (non-hydrogen) atoms. The first-order valence-electron chi connectivity index (χ1n) is 8.40. The third-order valence-electron chi connectivity index (χ3n) is 4.46. The van der Waals surface area contributed by atoms with Crippen LogP contribution in [0.3, 0.4) is 0 Å². The molecular formula is C18H19FN6O. The molecule has 3 aromatic rings. The Balaban J connectivity index is 1.57. The van der Waals surface area contributed by atoms with Gasteiger partial charge >= 0.3 is 0 Å². The maximum absolute atomic E-state index is 13.6. The predicted molar refractivity (Wildman–Crippen MR) is 95.3 cm³/mol. The van der Waals surface area contributed by atoms with Gasteiger partial charge in [-0.25, -0.2) is 9.37 Å². The summed E-state index contributed by atoms with van der Waals surface area (Å²) in [4.78, 5) is 10.3. The second-order valence-corrected chi connectivity index (χ2v) is 6.14. The van der Waals surface area contributed by atoms with Crippen LogP contribution in [0, 0.1) is 5.82 Å². The minimum absolute atomic E-state index is 0.175. The van der Waals surface area contributed by atoms with E-state index in [4.69, 9.17) is 0 Å². The second kappa shape index (κ2) is 6.72. The fourth-order valence-corrected chi connectivity index (χ4v) is 3.08. The molecule has 3 heterocycles. The van der Waals surface area contributed by atoms with Crippen LogP contribution < -0.4 is 10.2 Å². The van der Waals surface area contributed by atoms with Gasteiger partial charge in [-0.3, -0.25) is 4.68 Å². The highest BCUT2D eigenvalue weighted by molar-refractivity contribution is 5.43. The maximum Gasteiger partial charge on any atom is 0.227 e. The molecule has 1 aliphatic rings. The highest BCUT2D eigenvalue weighted by atomic mass is 19.1. The van der Waals surface area contributed by atoms with E-state index in [1.54, 1.807) is 7.05 Å². The first kappa shape index (κ1) is 16.5. The Morgan fingerprint density at radius 1 is 1.23 bits per heavy atom. The molecule has 0 amide bonds. The van der Waals surface area contributed by atoms with E-state index in [0.717, 1.165) is 11.3 Å². The predicted octanol–water partition coefficient (Wildman–Crippen LogP) is 1.96. The number of nitrogens with zero attached hydrogens (tertiary/aromatic N) is 5. The van der Waals surface area contributed by atoms with Crippen molar-refractivity contribution in [2.24, 2.45) is 0 Å². The third-order valence-corrected chi connectivity index (χ3v) is 4.46. The summed E-state index contributed by atoms with van der Waals surface area (Å²) in [6.07, 6.45) is 0.408. The van der Waals surface area contributed by atoms with Crippen LogP contribution in [0.1, 0.15) is 23.1 Å². The number of aromatic nitrogens is 4. The Morgan fingerprint density at radius 2 is 2.04 bits per heavy atom. The zero-order chi connectivity index (χ0) is 18.1. The number of aliphatic hydroxyl groups is 1. The largest absolute Gasteiger partial charge is 0.382 e. The summed E-state index contributed by atoms with van der Waals surface area (Å²) in [7, 11) is 1.62. The van der Waals surface area contributed by atoms with Crippen molar-refractivity contribution < 1.29 is 9.50 Å². The normalized spacial score (nSPS) is 14.8. The minimum atomic E-state index is -0.763. The summed E-state index contributed by atoms with van der Waals surface area (Å²) in [5.41, 5.74) is 2.38. The van der Waals surface area contributed by atoms with E-state index in [-0.39, 0.29) is 5.82 Å². The lowest BCUT2D eigenvalue weighted by atomic mass is 10.1. The van der Waals surface area contributed by atoms with E-state index in [1.165, 1.54) is 6.20 Å². The van der Waals surface area contributed by atoms with Gasteiger partial charge in [-0.05, 0) is 11.6 Å². The molecule has 1 unspecified atom stereocenters. The summed E-state index contributed by atoms with van der Waals surface area (Å²) >= 11 is 0. The average Bonchev–Trinajstić information content (AvgIpc) is 3.11. The molecule has 0 bridgehead atoms. The minimum Gasteiger partial charge on any atom is -0.382 e. The number of anilines is 2.